The Labute approximate surface area is 196 Å². The van der Waals surface area contributed by atoms with Crippen molar-refractivity contribution in [3.63, 3.8) is 0 Å². The summed E-state index contributed by atoms with van der Waals surface area (Å²) >= 11 is 0. The molecule has 0 aromatic heterocycles. The third-order valence-corrected chi connectivity index (χ3v) is 5.00. The quantitative estimate of drug-likeness (QED) is 0.311. The van der Waals surface area contributed by atoms with Crippen molar-refractivity contribution in [3.05, 3.63) is 65.2 Å². The van der Waals surface area contributed by atoms with E-state index in [1.54, 1.807) is 14.2 Å². The molecule has 0 radical (unpaired) electrons. The molecular formula is C23H32IN3O3. The predicted molar refractivity (Wildman–Crippen MR) is 131 cm³/mol. The van der Waals surface area contributed by atoms with Crippen LogP contribution in [0.1, 0.15) is 29.5 Å². The third kappa shape index (κ3) is 7.77. The Bertz CT molecular complexity index is 778. The fourth-order valence-electron chi connectivity index (χ4n) is 3.24. The molecule has 1 aliphatic heterocycles. The van der Waals surface area contributed by atoms with E-state index in [-0.39, 0.29) is 24.0 Å². The number of aliphatic imine (C=N–C) groups is 1. The molecular weight excluding hydrogens is 493 g/mol. The Morgan fingerprint density at radius 2 is 1.67 bits per heavy atom. The highest BCUT2D eigenvalue weighted by Crippen LogP contribution is 2.17. The summed E-state index contributed by atoms with van der Waals surface area (Å²) in [5.74, 6) is 1.62. The molecule has 0 unspecified atom stereocenters. The largest absolute Gasteiger partial charge is 0.496 e. The number of rotatable bonds is 8. The number of nitrogens with one attached hydrogen (secondary N) is 2. The molecule has 0 saturated carbocycles. The minimum Gasteiger partial charge on any atom is -0.496 e. The van der Waals surface area contributed by atoms with Gasteiger partial charge in [-0.1, -0.05) is 42.5 Å². The topological polar surface area (TPSA) is 64.1 Å². The molecule has 2 aromatic carbocycles. The van der Waals surface area contributed by atoms with Crippen LogP contribution in [0.3, 0.4) is 0 Å². The molecule has 7 heteroatoms. The van der Waals surface area contributed by atoms with Crippen LogP contribution in [0, 0.1) is 0 Å². The maximum absolute atomic E-state index is 5.98. The molecule has 3 rings (SSSR count). The first-order chi connectivity index (χ1) is 14.3. The van der Waals surface area contributed by atoms with Crippen molar-refractivity contribution in [2.75, 3.05) is 27.4 Å². The molecule has 2 aromatic rings. The predicted octanol–water partition coefficient (Wildman–Crippen LogP) is 3.87. The minimum absolute atomic E-state index is 0. The van der Waals surface area contributed by atoms with E-state index in [2.05, 4.69) is 39.9 Å². The van der Waals surface area contributed by atoms with E-state index in [4.69, 9.17) is 14.2 Å². The second-order valence-corrected chi connectivity index (χ2v) is 7.03. The molecule has 1 heterocycles. The smallest absolute Gasteiger partial charge is 0.191 e. The van der Waals surface area contributed by atoms with E-state index < -0.39 is 0 Å². The second-order valence-electron chi connectivity index (χ2n) is 7.03. The number of benzene rings is 2. The first-order valence-corrected chi connectivity index (χ1v) is 10.1. The molecule has 164 valence electrons. The monoisotopic (exact) mass is 525 g/mol. The number of para-hydroxylation sites is 1. The summed E-state index contributed by atoms with van der Waals surface area (Å²) < 4.78 is 16.7. The van der Waals surface area contributed by atoms with Crippen molar-refractivity contribution in [1.82, 2.24) is 10.6 Å². The Morgan fingerprint density at radius 3 is 2.37 bits per heavy atom. The van der Waals surface area contributed by atoms with Gasteiger partial charge in [0.2, 0.25) is 0 Å². The van der Waals surface area contributed by atoms with Crippen LogP contribution in [0.25, 0.3) is 0 Å². The summed E-state index contributed by atoms with van der Waals surface area (Å²) in [5, 5.41) is 6.68. The number of methoxy groups -OCH3 is 1. The van der Waals surface area contributed by atoms with Crippen LogP contribution in [0.4, 0.5) is 0 Å². The van der Waals surface area contributed by atoms with Crippen molar-refractivity contribution in [1.29, 1.82) is 0 Å². The lowest BCUT2D eigenvalue weighted by atomic mass is 10.1. The lowest BCUT2D eigenvalue weighted by Crippen LogP contribution is -2.36. The van der Waals surface area contributed by atoms with Gasteiger partial charge in [-0.3, -0.25) is 4.99 Å². The van der Waals surface area contributed by atoms with E-state index in [1.807, 2.05) is 24.3 Å². The number of nitrogens with zero attached hydrogens (tertiary/aromatic N) is 1. The van der Waals surface area contributed by atoms with Gasteiger partial charge in [0.1, 0.15) is 5.75 Å². The number of hydrogen-bond donors (Lipinski definition) is 2. The number of halogens is 1. The molecule has 2 N–H and O–H groups in total. The number of guanidine groups is 1. The molecule has 1 fully saturated rings. The van der Waals surface area contributed by atoms with Gasteiger partial charge in [0.05, 0.1) is 19.8 Å². The van der Waals surface area contributed by atoms with Crippen LogP contribution in [-0.2, 0) is 29.2 Å². The van der Waals surface area contributed by atoms with Crippen molar-refractivity contribution >= 4 is 29.9 Å². The van der Waals surface area contributed by atoms with Gasteiger partial charge in [-0.15, -0.1) is 24.0 Å². The van der Waals surface area contributed by atoms with Crippen molar-refractivity contribution in [2.45, 2.75) is 38.6 Å². The van der Waals surface area contributed by atoms with Crippen molar-refractivity contribution < 1.29 is 14.2 Å². The highest BCUT2D eigenvalue weighted by molar-refractivity contribution is 14.0. The van der Waals surface area contributed by atoms with Gasteiger partial charge in [0, 0.05) is 38.9 Å². The first-order valence-electron chi connectivity index (χ1n) is 10.1. The molecule has 1 saturated heterocycles. The molecule has 1 aliphatic rings. The fourth-order valence-corrected chi connectivity index (χ4v) is 3.24. The maximum atomic E-state index is 5.98. The standard InChI is InChI=1S/C23H31N3O3.HI/c1-24-23(26-16-20-5-3-4-6-22(20)27-2)25-15-18-7-9-19(10-8-18)17-29-21-11-13-28-14-12-21;/h3-10,21H,11-17H2,1-2H3,(H2,24,25,26);1H. The van der Waals surface area contributed by atoms with Gasteiger partial charge < -0.3 is 24.8 Å². The van der Waals surface area contributed by atoms with E-state index in [0.717, 1.165) is 43.3 Å². The average molecular weight is 525 g/mol. The fraction of sp³-hybridized carbons (Fsp3) is 0.435. The summed E-state index contributed by atoms with van der Waals surface area (Å²) in [6.45, 7) is 3.61. The summed E-state index contributed by atoms with van der Waals surface area (Å²) in [5.41, 5.74) is 3.48. The van der Waals surface area contributed by atoms with Gasteiger partial charge in [0.25, 0.3) is 0 Å². The lowest BCUT2D eigenvalue weighted by molar-refractivity contribution is -0.0390. The van der Waals surface area contributed by atoms with Gasteiger partial charge in [-0.25, -0.2) is 0 Å². The highest BCUT2D eigenvalue weighted by Gasteiger charge is 2.13. The normalized spacial score (nSPS) is 14.7. The van der Waals surface area contributed by atoms with Crippen LogP contribution in [-0.4, -0.2) is 39.4 Å². The molecule has 0 bridgehead atoms. The Hall–Kier alpha value is -1.84. The number of ether oxygens (including phenoxy) is 3. The molecule has 0 spiro atoms. The zero-order chi connectivity index (χ0) is 20.3. The molecule has 0 amide bonds. The third-order valence-electron chi connectivity index (χ3n) is 5.00. The number of hydrogen-bond acceptors (Lipinski definition) is 4. The Kier molecular flexibility index (Phi) is 11.0. The van der Waals surface area contributed by atoms with Gasteiger partial charge >= 0.3 is 0 Å². The van der Waals surface area contributed by atoms with Crippen LogP contribution < -0.4 is 15.4 Å². The zero-order valence-corrected chi connectivity index (χ0v) is 20.1. The zero-order valence-electron chi connectivity index (χ0n) is 17.7. The SMILES string of the molecule is CN=C(NCc1ccc(COC2CCOCC2)cc1)NCc1ccccc1OC.I. The van der Waals surface area contributed by atoms with E-state index in [1.165, 1.54) is 11.1 Å². The van der Waals surface area contributed by atoms with Gasteiger partial charge in [-0.2, -0.15) is 0 Å². The summed E-state index contributed by atoms with van der Waals surface area (Å²) in [6, 6.07) is 16.5. The van der Waals surface area contributed by atoms with Crippen LogP contribution in [0.2, 0.25) is 0 Å². The van der Waals surface area contributed by atoms with Crippen molar-refractivity contribution in [2.24, 2.45) is 4.99 Å². The summed E-state index contributed by atoms with van der Waals surface area (Å²) in [7, 11) is 3.46. The van der Waals surface area contributed by atoms with E-state index >= 15 is 0 Å². The second kappa shape index (κ2) is 13.5. The average Bonchev–Trinajstić information content (AvgIpc) is 2.79. The minimum atomic E-state index is 0. The van der Waals surface area contributed by atoms with Crippen LogP contribution in [0.15, 0.2) is 53.5 Å². The summed E-state index contributed by atoms with van der Waals surface area (Å²) in [6.07, 6.45) is 2.30. The Morgan fingerprint density at radius 1 is 1.00 bits per heavy atom. The van der Waals surface area contributed by atoms with Crippen LogP contribution in [0.5, 0.6) is 5.75 Å². The van der Waals surface area contributed by atoms with E-state index in [9.17, 15) is 0 Å². The van der Waals surface area contributed by atoms with Gasteiger partial charge in [0.15, 0.2) is 5.96 Å². The first kappa shape index (κ1) is 24.4. The molecule has 0 aliphatic carbocycles. The molecule has 0 atom stereocenters. The summed E-state index contributed by atoms with van der Waals surface area (Å²) in [4.78, 5) is 4.30. The highest BCUT2D eigenvalue weighted by atomic mass is 127. The van der Waals surface area contributed by atoms with Crippen molar-refractivity contribution in [3.8, 4) is 5.75 Å². The maximum Gasteiger partial charge on any atom is 0.191 e. The van der Waals surface area contributed by atoms with Gasteiger partial charge in [-0.05, 0) is 30.0 Å². The van der Waals surface area contributed by atoms with Crippen LogP contribution >= 0.6 is 24.0 Å². The lowest BCUT2D eigenvalue weighted by Gasteiger charge is -2.22. The molecule has 30 heavy (non-hydrogen) atoms. The Balaban J connectivity index is 0.00000320. The van der Waals surface area contributed by atoms with E-state index in [0.29, 0.717) is 25.8 Å². The molecule has 6 nitrogen and oxygen atoms in total.